The highest BCUT2D eigenvalue weighted by Gasteiger charge is 2.40. The summed E-state index contributed by atoms with van der Waals surface area (Å²) in [5.41, 5.74) is 0.0354. The van der Waals surface area contributed by atoms with E-state index in [2.05, 4.69) is 15.3 Å². The molecule has 0 spiro atoms. The third-order valence-electron chi connectivity index (χ3n) is 5.84. The van der Waals surface area contributed by atoms with Gasteiger partial charge < -0.3 is 15.2 Å². The molecule has 5 nitrogen and oxygen atoms in total. The van der Waals surface area contributed by atoms with Gasteiger partial charge in [0.05, 0.1) is 23.8 Å². The van der Waals surface area contributed by atoms with Crippen molar-refractivity contribution in [2.75, 3.05) is 7.11 Å². The summed E-state index contributed by atoms with van der Waals surface area (Å²) in [6.45, 7) is 1.94. The Labute approximate surface area is 184 Å². The number of rotatable bonds is 4. The van der Waals surface area contributed by atoms with Crippen LogP contribution in [0.3, 0.4) is 0 Å². The SMILES string of the molecule is COc1ccccc1-c1ncc([C@@H]2CC(O)(c3ccc(C(F)(F)F)cc3)C[C@H](C)N2)cn1. The van der Waals surface area contributed by atoms with E-state index in [0.29, 0.717) is 30.0 Å². The van der Waals surface area contributed by atoms with E-state index in [1.807, 2.05) is 31.2 Å². The Morgan fingerprint density at radius 2 is 1.69 bits per heavy atom. The molecule has 2 N–H and O–H groups in total. The lowest BCUT2D eigenvalue weighted by Crippen LogP contribution is -2.46. The number of alkyl halides is 3. The van der Waals surface area contributed by atoms with E-state index in [1.54, 1.807) is 19.5 Å². The van der Waals surface area contributed by atoms with E-state index >= 15 is 0 Å². The zero-order chi connectivity index (χ0) is 22.9. The molecule has 1 aliphatic heterocycles. The fraction of sp³-hybridized carbons (Fsp3) is 0.333. The number of aromatic nitrogens is 2. The Bertz CT molecular complexity index is 1070. The van der Waals surface area contributed by atoms with Gasteiger partial charge in [0, 0.05) is 30.0 Å². The van der Waals surface area contributed by atoms with Crippen LogP contribution in [-0.4, -0.2) is 28.2 Å². The topological polar surface area (TPSA) is 67.3 Å². The van der Waals surface area contributed by atoms with Crippen LogP contribution in [0.5, 0.6) is 5.75 Å². The summed E-state index contributed by atoms with van der Waals surface area (Å²) < 4.78 is 44.1. The van der Waals surface area contributed by atoms with Crippen molar-refractivity contribution in [2.45, 2.75) is 43.6 Å². The maximum Gasteiger partial charge on any atom is 0.416 e. The molecule has 1 fully saturated rings. The van der Waals surface area contributed by atoms with Crippen LogP contribution in [0.4, 0.5) is 13.2 Å². The molecule has 3 aromatic rings. The van der Waals surface area contributed by atoms with Crippen molar-refractivity contribution in [3.8, 4) is 17.1 Å². The minimum atomic E-state index is -4.41. The zero-order valence-electron chi connectivity index (χ0n) is 17.7. The summed E-state index contributed by atoms with van der Waals surface area (Å²) in [7, 11) is 1.59. The van der Waals surface area contributed by atoms with Crippen LogP contribution in [-0.2, 0) is 11.8 Å². The van der Waals surface area contributed by atoms with E-state index in [4.69, 9.17) is 4.74 Å². The van der Waals surface area contributed by atoms with Gasteiger partial charge in [0.1, 0.15) is 5.75 Å². The van der Waals surface area contributed by atoms with Gasteiger partial charge in [-0.1, -0.05) is 24.3 Å². The van der Waals surface area contributed by atoms with Crippen LogP contribution in [0.15, 0.2) is 60.9 Å². The van der Waals surface area contributed by atoms with Crippen molar-refractivity contribution in [1.29, 1.82) is 0 Å². The third-order valence-corrected chi connectivity index (χ3v) is 5.84. The van der Waals surface area contributed by atoms with Gasteiger partial charge >= 0.3 is 6.18 Å². The number of ether oxygens (including phenoxy) is 1. The molecular weight excluding hydrogens is 419 g/mol. The number of hydrogen-bond acceptors (Lipinski definition) is 5. The van der Waals surface area contributed by atoms with Crippen LogP contribution in [0.2, 0.25) is 0 Å². The predicted octanol–water partition coefficient (Wildman–Crippen LogP) is 4.87. The molecule has 2 aromatic carbocycles. The first-order valence-electron chi connectivity index (χ1n) is 10.3. The number of aliphatic hydroxyl groups is 1. The number of halogens is 3. The molecule has 1 saturated heterocycles. The lowest BCUT2D eigenvalue weighted by atomic mass is 9.77. The molecule has 0 amide bonds. The molecule has 0 aliphatic carbocycles. The normalized spacial score (nSPS) is 23.7. The quantitative estimate of drug-likeness (QED) is 0.602. The largest absolute Gasteiger partial charge is 0.496 e. The lowest BCUT2D eigenvalue weighted by Gasteiger charge is -2.41. The summed E-state index contributed by atoms with van der Waals surface area (Å²) in [4.78, 5) is 8.96. The minimum Gasteiger partial charge on any atom is -0.496 e. The van der Waals surface area contributed by atoms with E-state index in [1.165, 1.54) is 12.1 Å². The highest BCUT2D eigenvalue weighted by molar-refractivity contribution is 5.63. The smallest absolute Gasteiger partial charge is 0.416 e. The van der Waals surface area contributed by atoms with Gasteiger partial charge in [-0.25, -0.2) is 9.97 Å². The number of nitrogens with zero attached hydrogens (tertiary/aromatic N) is 2. The van der Waals surface area contributed by atoms with E-state index in [9.17, 15) is 18.3 Å². The number of nitrogens with one attached hydrogen (secondary N) is 1. The Hall–Kier alpha value is -2.97. The Balaban J connectivity index is 1.58. The highest BCUT2D eigenvalue weighted by Crippen LogP contribution is 2.41. The second-order valence-corrected chi connectivity index (χ2v) is 8.18. The summed E-state index contributed by atoms with van der Waals surface area (Å²) in [5.74, 6) is 1.19. The molecule has 1 unspecified atom stereocenters. The van der Waals surface area contributed by atoms with Gasteiger partial charge in [0.25, 0.3) is 0 Å². The molecule has 168 valence electrons. The van der Waals surface area contributed by atoms with Gasteiger partial charge in [-0.15, -0.1) is 0 Å². The van der Waals surface area contributed by atoms with Gasteiger partial charge in [0.2, 0.25) is 0 Å². The zero-order valence-corrected chi connectivity index (χ0v) is 17.7. The van der Waals surface area contributed by atoms with Gasteiger partial charge in [-0.05, 0) is 49.6 Å². The van der Waals surface area contributed by atoms with E-state index in [0.717, 1.165) is 23.3 Å². The predicted molar refractivity (Wildman–Crippen MR) is 114 cm³/mol. The second kappa shape index (κ2) is 8.52. The molecule has 32 heavy (non-hydrogen) atoms. The minimum absolute atomic E-state index is 0.0602. The fourth-order valence-electron chi connectivity index (χ4n) is 4.29. The molecule has 1 aromatic heterocycles. The average molecular weight is 443 g/mol. The van der Waals surface area contributed by atoms with Crippen molar-refractivity contribution >= 4 is 0 Å². The average Bonchev–Trinajstić information content (AvgIpc) is 2.78. The Morgan fingerprint density at radius 1 is 1.03 bits per heavy atom. The first kappa shape index (κ1) is 22.2. The Morgan fingerprint density at radius 3 is 2.31 bits per heavy atom. The van der Waals surface area contributed by atoms with Gasteiger partial charge in [-0.2, -0.15) is 13.2 Å². The van der Waals surface area contributed by atoms with Crippen LogP contribution in [0.25, 0.3) is 11.4 Å². The van der Waals surface area contributed by atoms with Crippen molar-refractivity contribution in [1.82, 2.24) is 15.3 Å². The summed E-state index contributed by atoms with van der Waals surface area (Å²) in [6, 6.07) is 11.9. The molecule has 8 heteroatoms. The van der Waals surface area contributed by atoms with Crippen LogP contribution >= 0.6 is 0 Å². The number of benzene rings is 2. The first-order chi connectivity index (χ1) is 15.2. The fourth-order valence-corrected chi connectivity index (χ4v) is 4.29. The molecule has 0 radical (unpaired) electrons. The Kier molecular flexibility index (Phi) is 5.92. The molecule has 0 bridgehead atoms. The van der Waals surface area contributed by atoms with Crippen LogP contribution < -0.4 is 10.1 Å². The highest BCUT2D eigenvalue weighted by atomic mass is 19.4. The monoisotopic (exact) mass is 443 g/mol. The van der Waals surface area contributed by atoms with Crippen molar-refractivity contribution < 1.29 is 23.0 Å². The van der Waals surface area contributed by atoms with Crippen molar-refractivity contribution in [3.05, 3.63) is 77.6 Å². The number of hydrogen-bond donors (Lipinski definition) is 2. The van der Waals surface area contributed by atoms with Crippen molar-refractivity contribution in [2.24, 2.45) is 0 Å². The first-order valence-corrected chi connectivity index (χ1v) is 10.3. The summed E-state index contributed by atoms with van der Waals surface area (Å²) >= 11 is 0. The molecule has 4 rings (SSSR count). The number of piperidine rings is 1. The van der Waals surface area contributed by atoms with E-state index in [-0.39, 0.29) is 12.1 Å². The summed E-state index contributed by atoms with van der Waals surface area (Å²) in [6.07, 6.45) is -0.323. The number of para-hydroxylation sites is 1. The second-order valence-electron chi connectivity index (χ2n) is 8.18. The molecule has 0 saturated carbocycles. The maximum absolute atomic E-state index is 12.9. The van der Waals surface area contributed by atoms with Gasteiger partial charge in [0.15, 0.2) is 5.82 Å². The molecule has 2 heterocycles. The molecular formula is C24H24F3N3O2. The number of methoxy groups -OCH3 is 1. The van der Waals surface area contributed by atoms with Crippen LogP contribution in [0, 0.1) is 0 Å². The lowest BCUT2D eigenvalue weighted by molar-refractivity contribution is -0.137. The maximum atomic E-state index is 12.9. The van der Waals surface area contributed by atoms with Crippen LogP contribution in [0.1, 0.15) is 42.5 Å². The van der Waals surface area contributed by atoms with Gasteiger partial charge in [-0.3, -0.25) is 0 Å². The summed E-state index contributed by atoms with van der Waals surface area (Å²) in [5, 5.41) is 14.8. The third kappa shape index (κ3) is 4.47. The molecule has 3 atom stereocenters. The standard InChI is InChI=1S/C24H24F3N3O2/c1-15-11-23(31,17-7-9-18(10-8-17)24(25,26)27)12-20(30-15)16-13-28-22(29-14-16)19-5-3-4-6-21(19)32-2/h3-10,13-15,20,30-31H,11-12H2,1-2H3/t15-,20-,23?/m0/s1. The van der Waals surface area contributed by atoms with Crippen molar-refractivity contribution in [3.63, 3.8) is 0 Å². The molecule has 1 aliphatic rings. The van der Waals surface area contributed by atoms with E-state index < -0.39 is 17.3 Å².